The fourth-order valence-corrected chi connectivity index (χ4v) is 3.07. The van der Waals surface area contributed by atoms with Crippen molar-refractivity contribution in [1.29, 1.82) is 0 Å². The van der Waals surface area contributed by atoms with Crippen molar-refractivity contribution >= 4 is 11.8 Å². The molecular formula is C19H24N2O4. The van der Waals surface area contributed by atoms with E-state index in [2.05, 4.69) is 0 Å². The summed E-state index contributed by atoms with van der Waals surface area (Å²) < 4.78 is 11.0. The number of hydrogen-bond donors (Lipinski definition) is 0. The Morgan fingerprint density at radius 1 is 1.08 bits per heavy atom. The number of ether oxygens (including phenoxy) is 2. The molecule has 2 aliphatic heterocycles. The number of carbonyl (C=O) groups is 2. The number of rotatable bonds is 4. The van der Waals surface area contributed by atoms with Crippen LogP contribution in [-0.2, 0) is 9.53 Å². The second-order valence-electron chi connectivity index (χ2n) is 6.07. The molecule has 1 saturated heterocycles. The summed E-state index contributed by atoms with van der Waals surface area (Å²) in [6.45, 7) is 5.07. The molecule has 134 valence electrons. The smallest absolute Gasteiger partial charge is 0.288 e. The molecule has 0 saturated carbocycles. The van der Waals surface area contributed by atoms with Gasteiger partial charge in [-0.1, -0.05) is 12.1 Å². The number of carbonyl (C=O) groups excluding carboxylic acids is 2. The molecule has 2 aliphatic rings. The number of hydrogen-bond acceptors (Lipinski definition) is 4. The first-order valence-corrected chi connectivity index (χ1v) is 8.84. The van der Waals surface area contributed by atoms with E-state index in [-0.39, 0.29) is 11.8 Å². The number of nitrogens with zero attached hydrogens (tertiary/aromatic N) is 2. The van der Waals surface area contributed by atoms with Gasteiger partial charge in [0.15, 0.2) is 5.76 Å². The molecule has 0 N–H and O–H groups in total. The minimum absolute atomic E-state index is 0.0516. The van der Waals surface area contributed by atoms with E-state index in [4.69, 9.17) is 9.47 Å². The van der Waals surface area contributed by atoms with E-state index in [9.17, 15) is 9.59 Å². The van der Waals surface area contributed by atoms with Gasteiger partial charge in [0.25, 0.3) is 11.8 Å². The fourth-order valence-electron chi connectivity index (χ4n) is 3.07. The summed E-state index contributed by atoms with van der Waals surface area (Å²) in [5, 5.41) is 0. The van der Waals surface area contributed by atoms with Crippen LogP contribution in [0, 0.1) is 0 Å². The lowest BCUT2D eigenvalue weighted by Gasteiger charge is -2.35. The maximum atomic E-state index is 12.8. The second kappa shape index (κ2) is 8.05. The van der Waals surface area contributed by atoms with Gasteiger partial charge in [-0.05, 0) is 38.0 Å². The van der Waals surface area contributed by atoms with Gasteiger partial charge in [0.1, 0.15) is 5.75 Å². The van der Waals surface area contributed by atoms with Gasteiger partial charge in [-0.25, -0.2) is 0 Å². The zero-order valence-corrected chi connectivity index (χ0v) is 14.6. The SMILES string of the molecule is CCOc1ccccc1C(=O)N1CCN(C(=O)C2=CCCCO2)CC1. The van der Waals surface area contributed by atoms with Crippen LogP contribution in [0.4, 0.5) is 0 Å². The van der Waals surface area contributed by atoms with Crippen molar-refractivity contribution in [3.05, 3.63) is 41.7 Å². The van der Waals surface area contributed by atoms with E-state index in [0.29, 0.717) is 56.5 Å². The molecule has 6 nitrogen and oxygen atoms in total. The monoisotopic (exact) mass is 344 g/mol. The lowest BCUT2D eigenvalue weighted by Crippen LogP contribution is -2.51. The molecule has 2 heterocycles. The molecule has 1 fully saturated rings. The predicted octanol–water partition coefficient (Wildman–Crippen LogP) is 2.06. The van der Waals surface area contributed by atoms with Crippen LogP contribution >= 0.6 is 0 Å². The predicted molar refractivity (Wildman–Crippen MR) is 93.4 cm³/mol. The topological polar surface area (TPSA) is 59.1 Å². The molecule has 0 unspecified atom stereocenters. The Hall–Kier alpha value is -2.50. The van der Waals surface area contributed by atoms with Gasteiger partial charge in [0.05, 0.1) is 18.8 Å². The van der Waals surface area contributed by atoms with Crippen LogP contribution in [0.25, 0.3) is 0 Å². The zero-order valence-electron chi connectivity index (χ0n) is 14.6. The summed E-state index contributed by atoms with van der Waals surface area (Å²) in [6.07, 6.45) is 3.70. The molecule has 0 bridgehead atoms. The van der Waals surface area contributed by atoms with Crippen molar-refractivity contribution in [3.63, 3.8) is 0 Å². The molecule has 25 heavy (non-hydrogen) atoms. The van der Waals surface area contributed by atoms with Crippen molar-refractivity contribution in [1.82, 2.24) is 9.80 Å². The number of para-hydroxylation sites is 1. The third-order valence-corrected chi connectivity index (χ3v) is 4.42. The van der Waals surface area contributed by atoms with Crippen LogP contribution in [0.1, 0.15) is 30.1 Å². The molecule has 0 aromatic heterocycles. The molecule has 1 aromatic carbocycles. The number of piperazine rings is 1. The maximum absolute atomic E-state index is 12.8. The molecule has 0 spiro atoms. The summed E-state index contributed by atoms with van der Waals surface area (Å²) in [7, 11) is 0. The molecule has 6 heteroatoms. The molecule has 3 rings (SSSR count). The minimum Gasteiger partial charge on any atom is -0.493 e. The first-order valence-electron chi connectivity index (χ1n) is 8.84. The van der Waals surface area contributed by atoms with E-state index in [1.54, 1.807) is 15.9 Å². The van der Waals surface area contributed by atoms with Crippen LogP contribution in [0.5, 0.6) is 5.75 Å². The Kier molecular flexibility index (Phi) is 5.58. The van der Waals surface area contributed by atoms with Crippen molar-refractivity contribution in [2.75, 3.05) is 39.4 Å². The fraction of sp³-hybridized carbons (Fsp3) is 0.474. The quantitative estimate of drug-likeness (QED) is 0.839. The van der Waals surface area contributed by atoms with Crippen LogP contribution in [-0.4, -0.2) is 61.0 Å². The Bertz CT molecular complexity index is 663. The van der Waals surface area contributed by atoms with Crippen molar-refractivity contribution < 1.29 is 19.1 Å². The second-order valence-corrected chi connectivity index (χ2v) is 6.07. The average molecular weight is 344 g/mol. The summed E-state index contributed by atoms with van der Waals surface area (Å²) in [5.74, 6) is 0.938. The number of benzene rings is 1. The normalized spacial score (nSPS) is 17.6. The van der Waals surface area contributed by atoms with Gasteiger partial charge in [0, 0.05) is 26.2 Å². The van der Waals surface area contributed by atoms with Gasteiger partial charge in [-0.15, -0.1) is 0 Å². The maximum Gasteiger partial charge on any atom is 0.288 e. The van der Waals surface area contributed by atoms with E-state index in [1.165, 1.54) is 0 Å². The van der Waals surface area contributed by atoms with Gasteiger partial charge in [-0.3, -0.25) is 9.59 Å². The van der Waals surface area contributed by atoms with E-state index >= 15 is 0 Å². The van der Waals surface area contributed by atoms with Gasteiger partial charge in [0.2, 0.25) is 0 Å². The first kappa shape index (κ1) is 17.3. The molecule has 2 amide bonds. The van der Waals surface area contributed by atoms with Crippen LogP contribution in [0.2, 0.25) is 0 Å². The van der Waals surface area contributed by atoms with Crippen molar-refractivity contribution in [2.45, 2.75) is 19.8 Å². The third kappa shape index (κ3) is 3.95. The van der Waals surface area contributed by atoms with Crippen molar-refractivity contribution in [3.8, 4) is 5.75 Å². The Morgan fingerprint density at radius 3 is 2.40 bits per heavy atom. The summed E-state index contributed by atoms with van der Waals surface area (Å²) >= 11 is 0. The van der Waals surface area contributed by atoms with Crippen LogP contribution < -0.4 is 4.74 Å². The lowest BCUT2D eigenvalue weighted by atomic mass is 10.1. The average Bonchev–Trinajstić information content (AvgIpc) is 2.68. The summed E-state index contributed by atoms with van der Waals surface area (Å²) in [5.41, 5.74) is 0.572. The highest BCUT2D eigenvalue weighted by molar-refractivity contribution is 5.97. The highest BCUT2D eigenvalue weighted by Crippen LogP contribution is 2.21. The molecular weight excluding hydrogens is 320 g/mol. The molecule has 0 aliphatic carbocycles. The first-order chi connectivity index (χ1) is 12.2. The van der Waals surface area contributed by atoms with Gasteiger partial charge < -0.3 is 19.3 Å². The lowest BCUT2D eigenvalue weighted by molar-refractivity contribution is -0.132. The molecule has 0 radical (unpaired) electrons. The third-order valence-electron chi connectivity index (χ3n) is 4.42. The Morgan fingerprint density at radius 2 is 1.76 bits per heavy atom. The van der Waals surface area contributed by atoms with E-state index < -0.39 is 0 Å². The number of allylic oxidation sites excluding steroid dienone is 1. The summed E-state index contributed by atoms with van der Waals surface area (Å²) in [4.78, 5) is 28.8. The Balaban J connectivity index is 1.61. The zero-order chi connectivity index (χ0) is 17.6. The highest BCUT2D eigenvalue weighted by atomic mass is 16.5. The van der Waals surface area contributed by atoms with Crippen molar-refractivity contribution in [2.24, 2.45) is 0 Å². The van der Waals surface area contributed by atoms with E-state index in [1.807, 2.05) is 31.2 Å². The number of amides is 2. The molecule has 1 aromatic rings. The minimum atomic E-state index is -0.0680. The largest absolute Gasteiger partial charge is 0.493 e. The van der Waals surface area contributed by atoms with Crippen LogP contribution in [0.3, 0.4) is 0 Å². The van der Waals surface area contributed by atoms with E-state index in [0.717, 1.165) is 12.8 Å². The summed E-state index contributed by atoms with van der Waals surface area (Å²) in [6, 6.07) is 7.29. The standard InChI is InChI=1S/C19H24N2O4/c1-2-24-16-8-4-3-7-15(16)18(22)20-10-12-21(13-11-20)19(23)17-9-5-6-14-25-17/h3-4,7-9H,2,5-6,10-14H2,1H3. The Labute approximate surface area is 148 Å². The van der Waals surface area contributed by atoms with Gasteiger partial charge in [-0.2, -0.15) is 0 Å². The molecule has 0 atom stereocenters. The highest BCUT2D eigenvalue weighted by Gasteiger charge is 2.28. The van der Waals surface area contributed by atoms with Crippen LogP contribution in [0.15, 0.2) is 36.1 Å². The van der Waals surface area contributed by atoms with Gasteiger partial charge >= 0.3 is 0 Å².